The molecule has 1 aromatic heterocycles. The SMILES string of the molecule is O=C(O)/C=C/c1nc2ccc(Oc3ccccc3)cc2s1. The fraction of sp³-hybridized carbons (Fsp3) is 0. The van der Waals surface area contributed by atoms with Crippen molar-refractivity contribution >= 4 is 33.6 Å². The first-order valence-corrected chi connectivity index (χ1v) is 7.07. The number of hydrogen-bond donors (Lipinski definition) is 1. The molecule has 0 spiro atoms. The second-order valence-corrected chi connectivity index (χ2v) is 5.33. The number of ether oxygens (including phenoxy) is 1. The molecule has 0 atom stereocenters. The van der Waals surface area contributed by atoms with Crippen molar-refractivity contribution in [2.45, 2.75) is 0 Å². The summed E-state index contributed by atoms with van der Waals surface area (Å²) in [7, 11) is 0. The minimum atomic E-state index is -0.984. The summed E-state index contributed by atoms with van der Waals surface area (Å²) in [4.78, 5) is 14.9. The van der Waals surface area contributed by atoms with E-state index in [0.717, 1.165) is 27.8 Å². The number of carbonyl (C=O) groups is 1. The average Bonchev–Trinajstić information content (AvgIpc) is 2.88. The van der Waals surface area contributed by atoms with Gasteiger partial charge >= 0.3 is 5.97 Å². The van der Waals surface area contributed by atoms with Gasteiger partial charge in [0.2, 0.25) is 0 Å². The Bertz CT molecular complexity index is 809. The molecule has 0 radical (unpaired) electrons. The van der Waals surface area contributed by atoms with Crippen molar-refractivity contribution in [3.8, 4) is 11.5 Å². The third kappa shape index (κ3) is 3.27. The lowest BCUT2D eigenvalue weighted by molar-refractivity contribution is -0.131. The van der Waals surface area contributed by atoms with Crippen molar-refractivity contribution in [3.63, 3.8) is 0 Å². The molecule has 0 saturated heterocycles. The minimum absolute atomic E-state index is 0.657. The van der Waals surface area contributed by atoms with Gasteiger partial charge < -0.3 is 9.84 Å². The zero-order valence-electron chi connectivity index (χ0n) is 10.9. The van der Waals surface area contributed by atoms with Crippen molar-refractivity contribution in [1.29, 1.82) is 0 Å². The molecule has 3 aromatic rings. The molecule has 0 fully saturated rings. The second kappa shape index (κ2) is 5.76. The van der Waals surface area contributed by atoms with Crippen LogP contribution in [-0.4, -0.2) is 16.1 Å². The molecule has 0 unspecified atom stereocenters. The lowest BCUT2D eigenvalue weighted by Crippen LogP contribution is -1.85. The molecule has 2 aromatic carbocycles. The van der Waals surface area contributed by atoms with E-state index >= 15 is 0 Å². The predicted octanol–water partition coefficient (Wildman–Crippen LogP) is 4.19. The van der Waals surface area contributed by atoms with Crippen molar-refractivity contribution in [1.82, 2.24) is 4.98 Å². The smallest absolute Gasteiger partial charge is 0.328 e. The maximum atomic E-state index is 10.5. The number of para-hydroxylation sites is 1. The van der Waals surface area contributed by atoms with E-state index in [9.17, 15) is 4.79 Å². The molecule has 1 heterocycles. The highest BCUT2D eigenvalue weighted by molar-refractivity contribution is 7.19. The Morgan fingerprint density at radius 2 is 1.95 bits per heavy atom. The lowest BCUT2D eigenvalue weighted by atomic mass is 10.3. The number of hydrogen-bond acceptors (Lipinski definition) is 4. The molecule has 104 valence electrons. The summed E-state index contributed by atoms with van der Waals surface area (Å²) in [6.45, 7) is 0. The zero-order chi connectivity index (χ0) is 14.7. The summed E-state index contributed by atoms with van der Waals surface area (Å²) in [6.07, 6.45) is 2.57. The first-order valence-electron chi connectivity index (χ1n) is 6.25. The van der Waals surface area contributed by atoms with Gasteiger partial charge in [-0.15, -0.1) is 11.3 Å². The number of rotatable bonds is 4. The van der Waals surface area contributed by atoms with Gasteiger partial charge in [-0.05, 0) is 30.3 Å². The van der Waals surface area contributed by atoms with Crippen LogP contribution in [0.2, 0.25) is 0 Å². The number of carboxylic acids is 1. The van der Waals surface area contributed by atoms with E-state index in [1.54, 1.807) is 0 Å². The Morgan fingerprint density at radius 1 is 1.14 bits per heavy atom. The maximum absolute atomic E-state index is 10.5. The highest BCUT2D eigenvalue weighted by Crippen LogP contribution is 2.29. The van der Waals surface area contributed by atoms with Crippen LogP contribution in [-0.2, 0) is 4.79 Å². The number of nitrogens with zero attached hydrogens (tertiary/aromatic N) is 1. The third-order valence-electron chi connectivity index (χ3n) is 2.72. The third-order valence-corrected chi connectivity index (χ3v) is 3.71. The highest BCUT2D eigenvalue weighted by Gasteiger charge is 2.04. The molecular weight excluding hydrogens is 286 g/mol. The standard InChI is InChI=1S/C16H11NO3S/c18-16(19)9-8-15-17-13-7-6-12(10-14(13)21-15)20-11-4-2-1-3-5-11/h1-10H,(H,18,19)/b9-8+. The Morgan fingerprint density at radius 3 is 2.71 bits per heavy atom. The van der Waals surface area contributed by atoms with Crippen LogP contribution in [0.3, 0.4) is 0 Å². The van der Waals surface area contributed by atoms with Gasteiger partial charge in [0, 0.05) is 12.1 Å². The number of benzene rings is 2. The number of aromatic nitrogens is 1. The van der Waals surface area contributed by atoms with E-state index in [-0.39, 0.29) is 0 Å². The normalized spacial score (nSPS) is 11.0. The van der Waals surface area contributed by atoms with Gasteiger partial charge in [0.05, 0.1) is 10.2 Å². The van der Waals surface area contributed by atoms with Gasteiger partial charge in [-0.1, -0.05) is 18.2 Å². The number of aliphatic carboxylic acids is 1. The second-order valence-electron chi connectivity index (χ2n) is 4.27. The lowest BCUT2D eigenvalue weighted by Gasteiger charge is -2.04. The molecule has 0 amide bonds. The summed E-state index contributed by atoms with van der Waals surface area (Å²) < 4.78 is 6.71. The summed E-state index contributed by atoms with van der Waals surface area (Å²) in [5.41, 5.74) is 0.824. The molecule has 0 aliphatic rings. The van der Waals surface area contributed by atoms with Crippen LogP contribution in [0.5, 0.6) is 11.5 Å². The van der Waals surface area contributed by atoms with Crippen LogP contribution >= 0.6 is 11.3 Å². The Kier molecular flexibility index (Phi) is 3.66. The molecule has 21 heavy (non-hydrogen) atoms. The van der Waals surface area contributed by atoms with Crippen LogP contribution in [0.25, 0.3) is 16.3 Å². The van der Waals surface area contributed by atoms with Gasteiger partial charge in [-0.25, -0.2) is 9.78 Å². The van der Waals surface area contributed by atoms with E-state index in [1.165, 1.54) is 17.4 Å². The van der Waals surface area contributed by atoms with Crippen LogP contribution < -0.4 is 4.74 Å². The quantitative estimate of drug-likeness (QED) is 0.734. The monoisotopic (exact) mass is 297 g/mol. The van der Waals surface area contributed by atoms with E-state index < -0.39 is 5.97 Å². The number of carboxylic acid groups (broad SMARTS) is 1. The molecule has 0 saturated carbocycles. The average molecular weight is 297 g/mol. The Labute approximate surface area is 125 Å². The summed E-state index contributed by atoms with van der Waals surface area (Å²) in [5.74, 6) is 0.515. The summed E-state index contributed by atoms with van der Waals surface area (Å²) in [5, 5.41) is 9.28. The fourth-order valence-corrected chi connectivity index (χ4v) is 2.72. The van der Waals surface area contributed by atoms with Crippen LogP contribution in [0.15, 0.2) is 54.6 Å². The fourth-order valence-electron chi connectivity index (χ4n) is 1.82. The van der Waals surface area contributed by atoms with Gasteiger partial charge in [0.1, 0.15) is 16.5 Å². The maximum Gasteiger partial charge on any atom is 0.328 e. The van der Waals surface area contributed by atoms with Crippen molar-refractivity contribution in [2.24, 2.45) is 0 Å². The predicted molar refractivity (Wildman–Crippen MR) is 82.8 cm³/mol. The highest BCUT2D eigenvalue weighted by atomic mass is 32.1. The Hall–Kier alpha value is -2.66. The molecule has 0 aliphatic heterocycles. The van der Waals surface area contributed by atoms with Gasteiger partial charge in [0.25, 0.3) is 0 Å². The first-order chi connectivity index (χ1) is 10.2. The van der Waals surface area contributed by atoms with Crippen LogP contribution in [0.1, 0.15) is 5.01 Å². The largest absolute Gasteiger partial charge is 0.478 e. The van der Waals surface area contributed by atoms with E-state index in [0.29, 0.717) is 5.01 Å². The number of fused-ring (bicyclic) bond motifs is 1. The molecular formula is C16H11NO3S. The minimum Gasteiger partial charge on any atom is -0.478 e. The van der Waals surface area contributed by atoms with Crippen molar-refractivity contribution < 1.29 is 14.6 Å². The zero-order valence-corrected chi connectivity index (χ0v) is 11.7. The number of thiazole rings is 1. The Balaban J connectivity index is 1.88. The van der Waals surface area contributed by atoms with Crippen molar-refractivity contribution in [2.75, 3.05) is 0 Å². The van der Waals surface area contributed by atoms with Crippen molar-refractivity contribution in [3.05, 3.63) is 59.6 Å². The van der Waals surface area contributed by atoms with E-state index in [2.05, 4.69) is 4.98 Å². The molecule has 5 heteroatoms. The topological polar surface area (TPSA) is 59.4 Å². The van der Waals surface area contributed by atoms with Crippen LogP contribution in [0.4, 0.5) is 0 Å². The van der Waals surface area contributed by atoms with Crippen LogP contribution in [0, 0.1) is 0 Å². The van der Waals surface area contributed by atoms with Gasteiger partial charge in [0.15, 0.2) is 0 Å². The first kappa shape index (κ1) is 13.3. The molecule has 3 rings (SSSR count). The molecule has 4 nitrogen and oxygen atoms in total. The molecule has 0 bridgehead atoms. The van der Waals surface area contributed by atoms with E-state index in [4.69, 9.17) is 9.84 Å². The molecule has 0 aliphatic carbocycles. The van der Waals surface area contributed by atoms with Gasteiger partial charge in [-0.2, -0.15) is 0 Å². The molecule has 1 N–H and O–H groups in total. The summed E-state index contributed by atoms with van der Waals surface area (Å²) in [6, 6.07) is 15.1. The van der Waals surface area contributed by atoms with Gasteiger partial charge in [-0.3, -0.25) is 0 Å². The van der Waals surface area contributed by atoms with E-state index in [1.807, 2.05) is 48.5 Å². The summed E-state index contributed by atoms with van der Waals surface area (Å²) >= 11 is 1.42.